The highest BCUT2D eigenvalue weighted by molar-refractivity contribution is 5.97. The molecule has 2 aromatic carbocycles. The van der Waals surface area contributed by atoms with Crippen LogP contribution in [-0.2, 0) is 16.0 Å². The average Bonchev–Trinajstić information content (AvgIpc) is 2.56. The van der Waals surface area contributed by atoms with Crippen LogP contribution in [0.3, 0.4) is 0 Å². The minimum atomic E-state index is -0.801. The molecule has 5 nitrogen and oxygen atoms in total. The number of carbonyl (C=O) groups is 2. The number of ether oxygens (including phenoxy) is 1. The monoisotopic (exact) mass is 327 g/mol. The fourth-order valence-electron chi connectivity index (χ4n) is 2.60. The first-order chi connectivity index (χ1) is 11.4. The first-order valence-electron chi connectivity index (χ1n) is 7.65. The molecule has 24 heavy (non-hydrogen) atoms. The molecule has 1 atom stereocenters. The van der Waals surface area contributed by atoms with Crippen molar-refractivity contribution < 1.29 is 19.4 Å². The van der Waals surface area contributed by atoms with Crippen molar-refractivity contribution in [3.63, 3.8) is 0 Å². The Morgan fingerprint density at radius 3 is 2.33 bits per heavy atom. The number of esters is 1. The van der Waals surface area contributed by atoms with Crippen molar-refractivity contribution in [3.05, 3.63) is 64.7 Å². The van der Waals surface area contributed by atoms with Gasteiger partial charge in [0.2, 0.25) is 0 Å². The van der Waals surface area contributed by atoms with Gasteiger partial charge in [0.05, 0.1) is 7.11 Å². The van der Waals surface area contributed by atoms with Gasteiger partial charge in [-0.1, -0.05) is 24.3 Å². The molecule has 1 amide bonds. The SMILES string of the molecule is COC(=O)[C@@H](Cc1c(C)cccc1C)NC(=O)c1cccc(O)c1. The summed E-state index contributed by atoms with van der Waals surface area (Å²) < 4.78 is 4.82. The number of carbonyl (C=O) groups excluding carboxylic acids is 2. The molecule has 0 bridgehead atoms. The van der Waals surface area contributed by atoms with Crippen LogP contribution < -0.4 is 5.32 Å². The van der Waals surface area contributed by atoms with Crippen LogP contribution in [-0.4, -0.2) is 30.1 Å². The molecule has 2 aromatic rings. The molecule has 2 N–H and O–H groups in total. The van der Waals surface area contributed by atoms with E-state index in [0.717, 1.165) is 16.7 Å². The fraction of sp³-hybridized carbons (Fsp3) is 0.263. The first kappa shape index (κ1) is 17.5. The van der Waals surface area contributed by atoms with Gasteiger partial charge in [-0.15, -0.1) is 0 Å². The summed E-state index contributed by atoms with van der Waals surface area (Å²) in [7, 11) is 1.29. The van der Waals surface area contributed by atoms with Crippen molar-refractivity contribution in [1.82, 2.24) is 5.32 Å². The minimum absolute atomic E-state index is 0.00739. The smallest absolute Gasteiger partial charge is 0.328 e. The third-order valence-electron chi connectivity index (χ3n) is 3.95. The Labute approximate surface area is 141 Å². The molecule has 0 heterocycles. The van der Waals surface area contributed by atoms with E-state index in [1.54, 1.807) is 12.1 Å². The number of aromatic hydroxyl groups is 1. The van der Waals surface area contributed by atoms with Crippen LogP contribution in [0.1, 0.15) is 27.0 Å². The van der Waals surface area contributed by atoms with Gasteiger partial charge in [-0.05, 0) is 48.7 Å². The third-order valence-corrected chi connectivity index (χ3v) is 3.95. The molecule has 0 aromatic heterocycles. The fourth-order valence-corrected chi connectivity index (χ4v) is 2.60. The highest BCUT2D eigenvalue weighted by atomic mass is 16.5. The maximum absolute atomic E-state index is 12.4. The number of phenols is 1. The molecule has 0 spiro atoms. The van der Waals surface area contributed by atoms with Crippen molar-refractivity contribution in [1.29, 1.82) is 0 Å². The van der Waals surface area contributed by atoms with E-state index in [2.05, 4.69) is 5.32 Å². The second-order valence-electron chi connectivity index (χ2n) is 5.67. The summed E-state index contributed by atoms with van der Waals surface area (Å²) in [6.07, 6.45) is 0.343. The molecule has 0 saturated carbocycles. The Morgan fingerprint density at radius 2 is 1.75 bits per heavy atom. The van der Waals surface area contributed by atoms with Crippen LogP contribution in [0.25, 0.3) is 0 Å². The lowest BCUT2D eigenvalue weighted by molar-refractivity contribution is -0.142. The summed E-state index contributed by atoms with van der Waals surface area (Å²) >= 11 is 0. The Bertz CT molecular complexity index is 735. The second-order valence-corrected chi connectivity index (χ2v) is 5.67. The van der Waals surface area contributed by atoms with Gasteiger partial charge in [0.15, 0.2) is 0 Å². The zero-order valence-corrected chi connectivity index (χ0v) is 14.0. The average molecular weight is 327 g/mol. The van der Waals surface area contributed by atoms with Crippen molar-refractivity contribution in [2.24, 2.45) is 0 Å². The molecule has 126 valence electrons. The number of phenolic OH excluding ortho intramolecular Hbond substituents is 1. The molecule has 0 aliphatic carbocycles. The second kappa shape index (κ2) is 7.64. The normalized spacial score (nSPS) is 11.6. The van der Waals surface area contributed by atoms with Crippen LogP contribution in [0.5, 0.6) is 5.75 Å². The van der Waals surface area contributed by atoms with Gasteiger partial charge in [-0.2, -0.15) is 0 Å². The number of hydrogen-bond acceptors (Lipinski definition) is 4. The molecule has 0 aliphatic heterocycles. The van der Waals surface area contributed by atoms with E-state index in [0.29, 0.717) is 6.42 Å². The topological polar surface area (TPSA) is 75.6 Å². The summed E-state index contributed by atoms with van der Waals surface area (Å²) in [5, 5.41) is 12.2. The Hall–Kier alpha value is -2.82. The van der Waals surface area contributed by atoms with E-state index in [1.807, 2.05) is 32.0 Å². The van der Waals surface area contributed by atoms with Crippen LogP contribution in [0.15, 0.2) is 42.5 Å². The summed E-state index contributed by atoms with van der Waals surface area (Å²) in [4.78, 5) is 24.4. The van der Waals surface area contributed by atoms with Crippen molar-refractivity contribution in [2.45, 2.75) is 26.3 Å². The Kier molecular flexibility index (Phi) is 5.58. The predicted molar refractivity (Wildman–Crippen MR) is 91.0 cm³/mol. The lowest BCUT2D eigenvalue weighted by Gasteiger charge is -2.19. The Morgan fingerprint density at radius 1 is 1.12 bits per heavy atom. The van der Waals surface area contributed by atoms with Crippen molar-refractivity contribution in [3.8, 4) is 5.75 Å². The van der Waals surface area contributed by atoms with E-state index >= 15 is 0 Å². The molecule has 0 unspecified atom stereocenters. The maximum atomic E-state index is 12.4. The summed E-state index contributed by atoms with van der Waals surface area (Å²) in [6, 6.07) is 11.1. The molecular weight excluding hydrogens is 306 g/mol. The van der Waals surface area contributed by atoms with Gasteiger partial charge < -0.3 is 15.2 Å². The van der Waals surface area contributed by atoms with E-state index in [1.165, 1.54) is 19.2 Å². The maximum Gasteiger partial charge on any atom is 0.328 e. The molecular formula is C19H21NO4. The largest absolute Gasteiger partial charge is 0.508 e. The Balaban J connectivity index is 2.23. The van der Waals surface area contributed by atoms with E-state index in [-0.39, 0.29) is 11.3 Å². The van der Waals surface area contributed by atoms with Gasteiger partial charge >= 0.3 is 5.97 Å². The molecule has 0 saturated heterocycles. The lowest BCUT2D eigenvalue weighted by atomic mass is 9.96. The van der Waals surface area contributed by atoms with Crippen LogP contribution in [0.4, 0.5) is 0 Å². The lowest BCUT2D eigenvalue weighted by Crippen LogP contribution is -2.43. The van der Waals surface area contributed by atoms with Gasteiger partial charge in [-0.25, -0.2) is 4.79 Å². The minimum Gasteiger partial charge on any atom is -0.508 e. The number of amides is 1. The molecule has 0 fully saturated rings. The standard InChI is InChI=1S/C19H21NO4/c1-12-6-4-7-13(2)16(12)11-17(19(23)24-3)20-18(22)14-8-5-9-15(21)10-14/h4-10,17,21H,11H2,1-3H3,(H,20,22)/t17-/m1/s1. The highest BCUT2D eigenvalue weighted by Crippen LogP contribution is 2.17. The predicted octanol–water partition coefficient (Wildman–Crippen LogP) is 2.52. The van der Waals surface area contributed by atoms with Crippen molar-refractivity contribution >= 4 is 11.9 Å². The summed E-state index contributed by atoms with van der Waals surface area (Å²) in [5.74, 6) is -0.953. The number of aryl methyl sites for hydroxylation is 2. The molecule has 0 aliphatic rings. The van der Waals surface area contributed by atoms with Gasteiger partial charge in [0, 0.05) is 12.0 Å². The summed E-state index contributed by atoms with van der Waals surface area (Å²) in [5.41, 5.74) is 3.39. The van der Waals surface area contributed by atoms with Gasteiger partial charge in [0.1, 0.15) is 11.8 Å². The highest BCUT2D eigenvalue weighted by Gasteiger charge is 2.24. The third kappa shape index (κ3) is 4.13. The van der Waals surface area contributed by atoms with Crippen LogP contribution >= 0.6 is 0 Å². The number of methoxy groups -OCH3 is 1. The molecule has 5 heteroatoms. The van der Waals surface area contributed by atoms with Gasteiger partial charge in [-0.3, -0.25) is 4.79 Å². The van der Waals surface area contributed by atoms with E-state index < -0.39 is 17.9 Å². The quantitative estimate of drug-likeness (QED) is 0.828. The zero-order chi connectivity index (χ0) is 17.7. The molecule has 2 rings (SSSR count). The number of rotatable bonds is 5. The first-order valence-corrected chi connectivity index (χ1v) is 7.65. The van der Waals surface area contributed by atoms with Gasteiger partial charge in [0.25, 0.3) is 5.91 Å². The van der Waals surface area contributed by atoms with Crippen LogP contribution in [0, 0.1) is 13.8 Å². The molecule has 0 radical (unpaired) electrons. The van der Waals surface area contributed by atoms with E-state index in [4.69, 9.17) is 4.74 Å². The number of benzene rings is 2. The zero-order valence-electron chi connectivity index (χ0n) is 14.0. The van der Waals surface area contributed by atoms with E-state index in [9.17, 15) is 14.7 Å². The van der Waals surface area contributed by atoms with Crippen LogP contribution in [0.2, 0.25) is 0 Å². The summed E-state index contributed by atoms with van der Waals surface area (Å²) in [6.45, 7) is 3.93. The number of hydrogen-bond donors (Lipinski definition) is 2. The number of nitrogens with one attached hydrogen (secondary N) is 1. The van der Waals surface area contributed by atoms with Crippen molar-refractivity contribution in [2.75, 3.05) is 7.11 Å².